The highest BCUT2D eigenvalue weighted by molar-refractivity contribution is 5.42. The first-order chi connectivity index (χ1) is 10.2. The van der Waals surface area contributed by atoms with E-state index in [-0.39, 0.29) is 0 Å². The molecule has 1 aromatic heterocycles. The van der Waals surface area contributed by atoms with Crippen molar-refractivity contribution in [2.45, 2.75) is 19.9 Å². The maximum absolute atomic E-state index is 5.57. The monoisotopic (exact) mass is 290 g/mol. The molecule has 0 bridgehead atoms. The molecule has 0 aliphatic rings. The molecule has 0 saturated carbocycles. The Kier molecular flexibility index (Phi) is 5.57. The second kappa shape index (κ2) is 7.64. The van der Waals surface area contributed by atoms with Gasteiger partial charge in [-0.25, -0.2) is 4.98 Å². The van der Waals surface area contributed by atoms with Crippen molar-refractivity contribution in [3.05, 3.63) is 35.9 Å². The maximum Gasteiger partial charge on any atom is 0.161 e. The quantitative estimate of drug-likeness (QED) is 0.748. The van der Waals surface area contributed by atoms with E-state index in [2.05, 4.69) is 15.4 Å². The number of nitrogens with one attached hydrogen (secondary N) is 1. The summed E-state index contributed by atoms with van der Waals surface area (Å²) in [4.78, 5) is 4.20. The lowest BCUT2D eigenvalue weighted by atomic mass is 10.2. The van der Waals surface area contributed by atoms with Gasteiger partial charge in [0.25, 0.3) is 0 Å². The molecule has 0 aliphatic carbocycles. The largest absolute Gasteiger partial charge is 0.493 e. The smallest absolute Gasteiger partial charge is 0.161 e. The molecule has 0 atom stereocenters. The Bertz CT molecular complexity index is 569. The van der Waals surface area contributed by atoms with Crippen LogP contribution in [0.3, 0.4) is 0 Å². The molecule has 2 aromatic rings. The second-order valence-corrected chi connectivity index (χ2v) is 4.68. The van der Waals surface area contributed by atoms with Crippen molar-refractivity contribution in [3.8, 4) is 11.5 Å². The molecule has 0 unspecified atom stereocenters. The molecule has 0 amide bonds. The molecular formula is C15H22N4O2. The van der Waals surface area contributed by atoms with Crippen LogP contribution in [0.2, 0.25) is 0 Å². The fraction of sp³-hybridized carbons (Fsp3) is 0.467. The zero-order valence-electron chi connectivity index (χ0n) is 12.8. The summed E-state index contributed by atoms with van der Waals surface area (Å²) in [5.41, 5.74) is 1.16. The van der Waals surface area contributed by atoms with Gasteiger partial charge in [0.1, 0.15) is 6.33 Å². The van der Waals surface area contributed by atoms with Crippen LogP contribution in [0, 0.1) is 0 Å². The van der Waals surface area contributed by atoms with Gasteiger partial charge >= 0.3 is 0 Å². The van der Waals surface area contributed by atoms with Crippen LogP contribution < -0.4 is 14.8 Å². The molecule has 0 radical (unpaired) electrons. The Labute approximate surface area is 125 Å². The molecule has 0 spiro atoms. The molecule has 0 fully saturated rings. The van der Waals surface area contributed by atoms with Crippen LogP contribution >= 0.6 is 0 Å². The summed E-state index contributed by atoms with van der Waals surface area (Å²) in [6, 6.07) is 5.98. The van der Waals surface area contributed by atoms with E-state index in [1.807, 2.05) is 32.2 Å². The molecule has 0 saturated heterocycles. The molecule has 1 aromatic carbocycles. The summed E-state index contributed by atoms with van der Waals surface area (Å²) < 4.78 is 12.6. The van der Waals surface area contributed by atoms with Gasteiger partial charge in [-0.15, -0.1) is 0 Å². The van der Waals surface area contributed by atoms with Crippen molar-refractivity contribution < 1.29 is 9.47 Å². The van der Waals surface area contributed by atoms with Crippen molar-refractivity contribution >= 4 is 0 Å². The molecule has 1 N–H and O–H groups in total. The van der Waals surface area contributed by atoms with E-state index in [4.69, 9.17) is 9.47 Å². The summed E-state index contributed by atoms with van der Waals surface area (Å²) in [7, 11) is 3.52. The number of aromatic nitrogens is 3. The van der Waals surface area contributed by atoms with E-state index in [0.717, 1.165) is 42.4 Å². The third-order valence-corrected chi connectivity index (χ3v) is 3.03. The van der Waals surface area contributed by atoms with Crippen LogP contribution in [0.4, 0.5) is 0 Å². The number of nitrogens with zero attached hydrogens (tertiary/aromatic N) is 3. The fourth-order valence-corrected chi connectivity index (χ4v) is 2.03. The predicted molar refractivity (Wildman–Crippen MR) is 80.6 cm³/mol. The van der Waals surface area contributed by atoms with E-state index < -0.39 is 0 Å². The first-order valence-corrected chi connectivity index (χ1v) is 7.08. The average Bonchev–Trinajstić information content (AvgIpc) is 2.90. The average molecular weight is 290 g/mol. The van der Waals surface area contributed by atoms with Gasteiger partial charge in [-0.05, 0) is 24.6 Å². The number of hydrogen-bond acceptors (Lipinski definition) is 5. The molecular weight excluding hydrogens is 268 g/mol. The standard InChI is InChI=1S/C15H22N4O2/c1-4-21-14-9-12(5-6-13(14)20-3)10-16-8-7-15-17-11-19(2)18-15/h5-6,9,11,16H,4,7-8,10H2,1-3H3. The highest BCUT2D eigenvalue weighted by Crippen LogP contribution is 2.27. The zero-order valence-corrected chi connectivity index (χ0v) is 12.8. The SMILES string of the molecule is CCOc1cc(CNCCc2ncn(C)n2)ccc1OC. The number of methoxy groups -OCH3 is 1. The summed E-state index contributed by atoms with van der Waals surface area (Å²) in [6.07, 6.45) is 2.53. The molecule has 114 valence electrons. The Hall–Kier alpha value is -2.08. The number of benzene rings is 1. The van der Waals surface area contributed by atoms with E-state index >= 15 is 0 Å². The summed E-state index contributed by atoms with van der Waals surface area (Å²) in [5.74, 6) is 2.40. The number of aryl methyl sites for hydroxylation is 1. The molecule has 21 heavy (non-hydrogen) atoms. The van der Waals surface area contributed by atoms with Gasteiger partial charge in [0, 0.05) is 26.6 Å². The van der Waals surface area contributed by atoms with Gasteiger partial charge in [0.05, 0.1) is 13.7 Å². The first-order valence-electron chi connectivity index (χ1n) is 7.08. The summed E-state index contributed by atoms with van der Waals surface area (Å²) in [6.45, 7) is 4.19. The van der Waals surface area contributed by atoms with E-state index in [1.165, 1.54) is 0 Å². The third kappa shape index (κ3) is 4.46. The Morgan fingerprint density at radius 3 is 2.81 bits per heavy atom. The van der Waals surface area contributed by atoms with Gasteiger partial charge in [-0.1, -0.05) is 6.07 Å². The number of rotatable bonds is 8. The van der Waals surface area contributed by atoms with Crippen LogP contribution in [0.15, 0.2) is 24.5 Å². The summed E-state index contributed by atoms with van der Waals surface area (Å²) in [5, 5.41) is 7.63. The molecule has 6 heteroatoms. The Morgan fingerprint density at radius 2 is 2.14 bits per heavy atom. The molecule has 0 aliphatic heterocycles. The Morgan fingerprint density at radius 1 is 1.29 bits per heavy atom. The minimum Gasteiger partial charge on any atom is -0.493 e. The van der Waals surface area contributed by atoms with Crippen molar-refractivity contribution in [2.75, 3.05) is 20.3 Å². The third-order valence-electron chi connectivity index (χ3n) is 3.03. The van der Waals surface area contributed by atoms with Gasteiger partial charge in [-0.3, -0.25) is 4.68 Å². The first kappa shape index (κ1) is 15.3. The van der Waals surface area contributed by atoms with Gasteiger partial charge < -0.3 is 14.8 Å². The highest BCUT2D eigenvalue weighted by Gasteiger charge is 2.05. The van der Waals surface area contributed by atoms with Crippen LogP contribution in [0.1, 0.15) is 18.3 Å². The van der Waals surface area contributed by atoms with Gasteiger partial charge in [0.15, 0.2) is 17.3 Å². The van der Waals surface area contributed by atoms with Gasteiger partial charge in [0.2, 0.25) is 0 Å². The molecule has 6 nitrogen and oxygen atoms in total. The number of ether oxygens (including phenoxy) is 2. The van der Waals surface area contributed by atoms with Crippen LogP contribution in [-0.2, 0) is 20.0 Å². The van der Waals surface area contributed by atoms with Crippen molar-refractivity contribution in [1.82, 2.24) is 20.1 Å². The van der Waals surface area contributed by atoms with Gasteiger partial charge in [-0.2, -0.15) is 5.10 Å². The van der Waals surface area contributed by atoms with Crippen molar-refractivity contribution in [1.29, 1.82) is 0 Å². The van der Waals surface area contributed by atoms with Crippen LogP contribution in [0.25, 0.3) is 0 Å². The summed E-state index contributed by atoms with van der Waals surface area (Å²) >= 11 is 0. The minimum absolute atomic E-state index is 0.624. The van der Waals surface area contributed by atoms with Crippen LogP contribution in [0.5, 0.6) is 11.5 Å². The molecule has 2 rings (SSSR count). The molecule has 1 heterocycles. The van der Waals surface area contributed by atoms with Crippen molar-refractivity contribution in [3.63, 3.8) is 0 Å². The number of hydrogen-bond donors (Lipinski definition) is 1. The lowest BCUT2D eigenvalue weighted by Crippen LogP contribution is -2.17. The lowest BCUT2D eigenvalue weighted by Gasteiger charge is -2.11. The fourth-order valence-electron chi connectivity index (χ4n) is 2.03. The van der Waals surface area contributed by atoms with E-state index in [0.29, 0.717) is 6.61 Å². The van der Waals surface area contributed by atoms with E-state index in [1.54, 1.807) is 18.1 Å². The topological polar surface area (TPSA) is 61.2 Å². The highest BCUT2D eigenvalue weighted by atomic mass is 16.5. The van der Waals surface area contributed by atoms with Crippen molar-refractivity contribution in [2.24, 2.45) is 7.05 Å². The van der Waals surface area contributed by atoms with E-state index in [9.17, 15) is 0 Å². The lowest BCUT2D eigenvalue weighted by molar-refractivity contribution is 0.310. The minimum atomic E-state index is 0.624. The normalized spacial score (nSPS) is 10.6. The Balaban J connectivity index is 1.83. The maximum atomic E-state index is 5.57. The zero-order chi connectivity index (χ0) is 15.1. The predicted octanol–water partition coefficient (Wildman–Crippen LogP) is 1.55. The van der Waals surface area contributed by atoms with Crippen LogP contribution in [-0.4, -0.2) is 35.0 Å². The second-order valence-electron chi connectivity index (χ2n) is 4.68.